The Morgan fingerprint density at radius 1 is 1.24 bits per heavy atom. The van der Waals surface area contributed by atoms with Crippen molar-refractivity contribution in [3.05, 3.63) is 47.9 Å². The fourth-order valence-electron chi connectivity index (χ4n) is 1.98. The van der Waals surface area contributed by atoms with Crippen LogP contribution < -0.4 is 0 Å². The molecule has 0 spiro atoms. The number of nitrogens with zero attached hydrogens (tertiary/aromatic N) is 2. The van der Waals surface area contributed by atoms with Gasteiger partial charge in [0, 0.05) is 18.0 Å². The lowest BCUT2D eigenvalue weighted by molar-refractivity contribution is 0.505. The van der Waals surface area contributed by atoms with Gasteiger partial charge in [0.2, 0.25) is 0 Å². The number of aromatic nitrogens is 2. The first-order chi connectivity index (χ1) is 8.13. The predicted molar refractivity (Wildman–Crippen MR) is 62.3 cm³/mol. The Morgan fingerprint density at radius 2 is 2.06 bits per heavy atom. The third-order valence-electron chi connectivity index (χ3n) is 2.73. The van der Waals surface area contributed by atoms with Crippen LogP contribution in [0, 0.1) is 19.7 Å². The Balaban J connectivity index is 2.21. The average Bonchev–Trinajstić information content (AvgIpc) is 2.80. The zero-order chi connectivity index (χ0) is 12.0. The van der Waals surface area contributed by atoms with E-state index in [0.717, 1.165) is 28.4 Å². The Bertz CT molecular complexity index is 697. The van der Waals surface area contributed by atoms with Gasteiger partial charge in [0.1, 0.15) is 23.0 Å². The van der Waals surface area contributed by atoms with Gasteiger partial charge in [-0.3, -0.25) is 0 Å². The van der Waals surface area contributed by atoms with Crippen LogP contribution in [0.25, 0.3) is 16.9 Å². The van der Waals surface area contributed by atoms with Crippen LogP contribution in [-0.4, -0.2) is 9.38 Å². The minimum atomic E-state index is -0.276. The van der Waals surface area contributed by atoms with Crippen LogP contribution in [0.15, 0.2) is 35.0 Å². The summed E-state index contributed by atoms with van der Waals surface area (Å²) in [5.74, 6) is 1.40. The van der Waals surface area contributed by atoms with Crippen LogP contribution in [-0.2, 0) is 0 Å². The molecule has 3 aromatic rings. The highest BCUT2D eigenvalue weighted by Crippen LogP contribution is 2.26. The summed E-state index contributed by atoms with van der Waals surface area (Å²) in [7, 11) is 0. The number of furan rings is 1. The summed E-state index contributed by atoms with van der Waals surface area (Å²) in [5.41, 5.74) is 2.47. The number of pyridine rings is 1. The minimum absolute atomic E-state index is 0.276. The summed E-state index contributed by atoms with van der Waals surface area (Å²) in [6, 6.07) is 4.99. The van der Waals surface area contributed by atoms with Crippen molar-refractivity contribution in [3.8, 4) is 11.3 Å². The van der Waals surface area contributed by atoms with Crippen LogP contribution >= 0.6 is 0 Å². The van der Waals surface area contributed by atoms with Gasteiger partial charge in [0.25, 0.3) is 0 Å². The van der Waals surface area contributed by atoms with Gasteiger partial charge in [0.15, 0.2) is 0 Å². The van der Waals surface area contributed by atoms with E-state index in [4.69, 9.17) is 4.42 Å². The number of hydrogen-bond acceptors (Lipinski definition) is 2. The Hall–Kier alpha value is -2.10. The number of imidazole rings is 1. The van der Waals surface area contributed by atoms with Gasteiger partial charge in [-0.1, -0.05) is 0 Å². The molecule has 0 unspecified atom stereocenters. The van der Waals surface area contributed by atoms with Crippen LogP contribution in [0.2, 0.25) is 0 Å². The van der Waals surface area contributed by atoms with Crippen molar-refractivity contribution in [2.75, 3.05) is 0 Å². The van der Waals surface area contributed by atoms with E-state index in [0.29, 0.717) is 0 Å². The van der Waals surface area contributed by atoms with E-state index >= 15 is 0 Å². The van der Waals surface area contributed by atoms with E-state index in [2.05, 4.69) is 4.98 Å². The molecule has 3 aromatic heterocycles. The summed E-state index contributed by atoms with van der Waals surface area (Å²) in [6.07, 6.45) is 3.21. The molecule has 17 heavy (non-hydrogen) atoms. The molecule has 3 rings (SSSR count). The van der Waals surface area contributed by atoms with E-state index < -0.39 is 0 Å². The van der Waals surface area contributed by atoms with E-state index in [1.54, 1.807) is 16.7 Å². The first-order valence-corrected chi connectivity index (χ1v) is 5.35. The summed E-state index contributed by atoms with van der Waals surface area (Å²) >= 11 is 0. The standard InChI is InChI=1S/C13H11FN2O/c1-8-5-11(9(2)17-8)12-7-16-6-10(14)3-4-13(16)15-12/h3-7H,1-2H3. The fraction of sp³-hybridized carbons (Fsp3) is 0.154. The molecule has 0 amide bonds. The van der Waals surface area contributed by atoms with E-state index in [-0.39, 0.29) is 5.82 Å². The Labute approximate surface area is 97.5 Å². The maximum Gasteiger partial charge on any atom is 0.139 e. The van der Waals surface area contributed by atoms with Gasteiger partial charge >= 0.3 is 0 Å². The Morgan fingerprint density at radius 3 is 2.76 bits per heavy atom. The first kappa shape index (κ1) is 10.1. The van der Waals surface area contributed by atoms with Crippen molar-refractivity contribution in [3.63, 3.8) is 0 Å². The molecule has 0 atom stereocenters. The number of aryl methyl sites for hydroxylation is 2. The highest BCUT2D eigenvalue weighted by molar-refractivity contribution is 5.64. The molecule has 0 fully saturated rings. The summed E-state index contributed by atoms with van der Waals surface area (Å²) in [6.45, 7) is 3.79. The topological polar surface area (TPSA) is 30.4 Å². The fourth-order valence-corrected chi connectivity index (χ4v) is 1.98. The molecule has 0 aliphatic rings. The summed E-state index contributed by atoms with van der Waals surface area (Å²) < 4.78 is 20.2. The molecule has 4 heteroatoms. The largest absolute Gasteiger partial charge is 0.466 e. The zero-order valence-corrected chi connectivity index (χ0v) is 9.57. The molecule has 0 N–H and O–H groups in total. The lowest BCUT2D eigenvalue weighted by Gasteiger charge is -1.90. The molecule has 3 heterocycles. The normalized spacial score (nSPS) is 11.2. The highest BCUT2D eigenvalue weighted by Gasteiger charge is 2.11. The summed E-state index contributed by atoms with van der Waals surface area (Å²) in [5, 5.41) is 0. The number of fused-ring (bicyclic) bond motifs is 1. The molecule has 3 nitrogen and oxygen atoms in total. The molecular weight excluding hydrogens is 219 g/mol. The molecule has 0 aliphatic carbocycles. The van der Waals surface area contributed by atoms with Crippen LogP contribution in [0.1, 0.15) is 11.5 Å². The third-order valence-corrected chi connectivity index (χ3v) is 2.73. The van der Waals surface area contributed by atoms with Crippen molar-refractivity contribution in [1.82, 2.24) is 9.38 Å². The second-order valence-corrected chi connectivity index (χ2v) is 4.07. The monoisotopic (exact) mass is 230 g/mol. The van der Waals surface area contributed by atoms with Crippen LogP contribution in [0.5, 0.6) is 0 Å². The number of hydrogen-bond donors (Lipinski definition) is 0. The van der Waals surface area contributed by atoms with Crippen molar-refractivity contribution in [1.29, 1.82) is 0 Å². The van der Waals surface area contributed by atoms with Gasteiger partial charge in [-0.05, 0) is 32.0 Å². The first-order valence-electron chi connectivity index (χ1n) is 5.35. The molecule has 0 aliphatic heterocycles. The smallest absolute Gasteiger partial charge is 0.139 e. The quantitative estimate of drug-likeness (QED) is 0.641. The van der Waals surface area contributed by atoms with Gasteiger partial charge in [0.05, 0.1) is 5.69 Å². The lowest BCUT2D eigenvalue weighted by atomic mass is 10.2. The molecule has 0 bridgehead atoms. The minimum Gasteiger partial charge on any atom is -0.466 e. The van der Waals surface area contributed by atoms with Crippen molar-refractivity contribution >= 4 is 5.65 Å². The number of rotatable bonds is 1. The molecular formula is C13H11FN2O. The Kier molecular flexibility index (Phi) is 2.04. The molecule has 0 saturated heterocycles. The van der Waals surface area contributed by atoms with Gasteiger partial charge in [-0.25, -0.2) is 9.37 Å². The predicted octanol–water partition coefficient (Wildman–Crippen LogP) is 3.35. The molecule has 0 saturated carbocycles. The van der Waals surface area contributed by atoms with Crippen LogP contribution in [0.4, 0.5) is 4.39 Å². The maximum absolute atomic E-state index is 13.1. The van der Waals surface area contributed by atoms with Gasteiger partial charge in [-0.2, -0.15) is 0 Å². The molecule has 0 radical (unpaired) electrons. The van der Waals surface area contributed by atoms with Crippen LogP contribution in [0.3, 0.4) is 0 Å². The SMILES string of the molecule is Cc1cc(-c2cn3cc(F)ccc3n2)c(C)o1. The van der Waals surface area contributed by atoms with Crippen molar-refractivity contribution in [2.45, 2.75) is 13.8 Å². The molecule has 86 valence electrons. The van der Waals surface area contributed by atoms with E-state index in [9.17, 15) is 4.39 Å². The highest BCUT2D eigenvalue weighted by atomic mass is 19.1. The maximum atomic E-state index is 13.1. The summed E-state index contributed by atoms with van der Waals surface area (Å²) in [4.78, 5) is 4.43. The van der Waals surface area contributed by atoms with Gasteiger partial charge in [-0.15, -0.1) is 0 Å². The van der Waals surface area contributed by atoms with Gasteiger partial charge < -0.3 is 8.82 Å². The number of halogens is 1. The van der Waals surface area contributed by atoms with Crippen molar-refractivity contribution in [2.24, 2.45) is 0 Å². The van der Waals surface area contributed by atoms with E-state index in [1.165, 1.54) is 12.3 Å². The average molecular weight is 230 g/mol. The third kappa shape index (κ3) is 1.62. The lowest BCUT2D eigenvalue weighted by Crippen LogP contribution is -1.83. The van der Waals surface area contributed by atoms with Crippen molar-refractivity contribution < 1.29 is 8.81 Å². The van der Waals surface area contributed by atoms with E-state index in [1.807, 2.05) is 19.9 Å². The zero-order valence-electron chi connectivity index (χ0n) is 9.57. The molecule has 0 aromatic carbocycles. The second-order valence-electron chi connectivity index (χ2n) is 4.07. The second kappa shape index (κ2) is 3.45.